The third kappa shape index (κ3) is 2.57. The van der Waals surface area contributed by atoms with Crippen LogP contribution in [0.2, 0.25) is 0 Å². The van der Waals surface area contributed by atoms with Crippen molar-refractivity contribution in [2.24, 2.45) is 11.1 Å². The fraction of sp³-hybridized carbons (Fsp3) is 0.412. The highest BCUT2D eigenvalue weighted by Crippen LogP contribution is 2.36. The Morgan fingerprint density at radius 3 is 2.74 bits per heavy atom. The van der Waals surface area contributed by atoms with Gasteiger partial charge in [0.15, 0.2) is 0 Å². The number of primary amides is 1. The summed E-state index contributed by atoms with van der Waals surface area (Å²) in [6, 6.07) is 5.82. The molecule has 1 saturated heterocycles. The lowest BCUT2D eigenvalue weighted by atomic mass is 9.89. The molecule has 1 aromatic carbocycles. The molecular formula is C17H20N2O3S. The molecule has 0 radical (unpaired) electrons. The average molecular weight is 332 g/mol. The summed E-state index contributed by atoms with van der Waals surface area (Å²) >= 11 is 1.48. The number of thiophene rings is 1. The van der Waals surface area contributed by atoms with E-state index in [1.807, 2.05) is 32.0 Å². The Morgan fingerprint density at radius 2 is 2.13 bits per heavy atom. The molecule has 0 saturated carbocycles. The summed E-state index contributed by atoms with van der Waals surface area (Å²) in [6.45, 7) is 4.73. The molecule has 0 aliphatic carbocycles. The number of methoxy groups -OCH3 is 1. The lowest BCUT2D eigenvalue weighted by molar-refractivity contribution is -0.126. The first-order chi connectivity index (χ1) is 10.9. The van der Waals surface area contributed by atoms with Gasteiger partial charge in [0, 0.05) is 17.8 Å². The minimum atomic E-state index is -0.622. The zero-order valence-corrected chi connectivity index (χ0v) is 14.3. The molecule has 2 aromatic rings. The zero-order chi connectivity index (χ0) is 16.8. The Hall–Kier alpha value is -2.08. The molecular weight excluding hydrogens is 312 g/mol. The molecule has 122 valence electrons. The molecule has 2 heterocycles. The summed E-state index contributed by atoms with van der Waals surface area (Å²) in [6.07, 6.45) is 0.617. The lowest BCUT2D eigenvalue weighted by Gasteiger charge is -2.20. The minimum Gasteiger partial charge on any atom is -0.497 e. The van der Waals surface area contributed by atoms with Crippen LogP contribution in [0.5, 0.6) is 5.75 Å². The van der Waals surface area contributed by atoms with E-state index >= 15 is 0 Å². The second-order valence-corrected chi connectivity index (χ2v) is 7.37. The van der Waals surface area contributed by atoms with E-state index in [4.69, 9.17) is 10.5 Å². The number of benzene rings is 1. The van der Waals surface area contributed by atoms with Crippen molar-refractivity contribution in [2.45, 2.75) is 20.3 Å². The molecule has 0 bridgehead atoms. The van der Waals surface area contributed by atoms with Gasteiger partial charge in [0.1, 0.15) is 5.75 Å². The first-order valence-electron chi connectivity index (χ1n) is 7.52. The van der Waals surface area contributed by atoms with Gasteiger partial charge >= 0.3 is 0 Å². The van der Waals surface area contributed by atoms with Gasteiger partial charge in [0.05, 0.1) is 17.4 Å². The highest BCUT2D eigenvalue weighted by Gasteiger charge is 2.41. The van der Waals surface area contributed by atoms with Crippen molar-refractivity contribution in [2.75, 3.05) is 20.2 Å². The number of carbonyl (C=O) groups is 2. The maximum Gasteiger partial charge on any atom is 0.264 e. The predicted molar refractivity (Wildman–Crippen MR) is 90.9 cm³/mol. The smallest absolute Gasteiger partial charge is 0.264 e. The van der Waals surface area contributed by atoms with Crippen LogP contribution in [-0.4, -0.2) is 36.9 Å². The fourth-order valence-electron chi connectivity index (χ4n) is 3.01. The number of hydrogen-bond acceptors (Lipinski definition) is 4. The van der Waals surface area contributed by atoms with Crippen molar-refractivity contribution >= 4 is 33.2 Å². The molecule has 3 rings (SSSR count). The standard InChI is InChI=1S/C17H20N2O3S/c1-10-12-8-11(22-3)4-5-13(12)23-14(10)15(20)19-7-6-17(2,9-19)16(18)21/h4-5,8H,6-7,9H2,1-3H3,(H2,18,21). The first-order valence-corrected chi connectivity index (χ1v) is 8.34. The summed E-state index contributed by atoms with van der Waals surface area (Å²) in [5, 5.41) is 1.04. The number of amides is 2. The normalized spacial score (nSPS) is 20.9. The monoisotopic (exact) mass is 332 g/mol. The number of rotatable bonds is 3. The Bertz CT molecular complexity index is 798. The second kappa shape index (κ2) is 5.53. The minimum absolute atomic E-state index is 0.0207. The van der Waals surface area contributed by atoms with Gasteiger partial charge in [-0.3, -0.25) is 9.59 Å². The van der Waals surface area contributed by atoms with Crippen molar-refractivity contribution in [3.63, 3.8) is 0 Å². The molecule has 1 aliphatic rings. The number of fused-ring (bicyclic) bond motifs is 1. The van der Waals surface area contributed by atoms with Gasteiger partial charge in [0.25, 0.3) is 5.91 Å². The SMILES string of the molecule is COc1ccc2sc(C(=O)N3CCC(C)(C(N)=O)C3)c(C)c2c1. The summed E-state index contributed by atoms with van der Waals surface area (Å²) in [4.78, 5) is 26.9. The quantitative estimate of drug-likeness (QED) is 0.939. The van der Waals surface area contributed by atoms with Crippen LogP contribution in [0.4, 0.5) is 0 Å². The van der Waals surface area contributed by atoms with E-state index in [0.29, 0.717) is 19.5 Å². The van der Waals surface area contributed by atoms with Crippen LogP contribution in [0.1, 0.15) is 28.6 Å². The molecule has 5 nitrogen and oxygen atoms in total. The number of carbonyl (C=O) groups excluding carboxylic acids is 2. The Balaban J connectivity index is 1.93. The van der Waals surface area contributed by atoms with E-state index in [2.05, 4.69) is 0 Å². The number of likely N-dealkylation sites (tertiary alicyclic amines) is 1. The molecule has 1 aliphatic heterocycles. The van der Waals surface area contributed by atoms with Crippen molar-refractivity contribution in [3.05, 3.63) is 28.6 Å². The van der Waals surface area contributed by atoms with Crippen LogP contribution in [0.15, 0.2) is 18.2 Å². The number of nitrogens with two attached hydrogens (primary N) is 1. The van der Waals surface area contributed by atoms with Crippen LogP contribution in [0.25, 0.3) is 10.1 Å². The number of ether oxygens (including phenoxy) is 1. The van der Waals surface area contributed by atoms with Gasteiger partial charge in [-0.2, -0.15) is 0 Å². The third-order valence-corrected chi connectivity index (χ3v) is 5.95. The highest BCUT2D eigenvalue weighted by molar-refractivity contribution is 7.21. The average Bonchev–Trinajstić information content (AvgIpc) is 3.09. The third-order valence-electron chi connectivity index (χ3n) is 4.69. The molecule has 1 aromatic heterocycles. The number of nitrogens with zero attached hydrogens (tertiary/aromatic N) is 1. The molecule has 6 heteroatoms. The Labute approximate surface area is 139 Å². The molecule has 2 amide bonds. The molecule has 23 heavy (non-hydrogen) atoms. The lowest BCUT2D eigenvalue weighted by Crippen LogP contribution is -2.38. The van der Waals surface area contributed by atoms with Crippen LogP contribution in [0, 0.1) is 12.3 Å². The largest absolute Gasteiger partial charge is 0.497 e. The van der Waals surface area contributed by atoms with Crippen molar-refractivity contribution in [1.29, 1.82) is 0 Å². The molecule has 1 unspecified atom stereocenters. The molecule has 0 spiro atoms. The zero-order valence-electron chi connectivity index (χ0n) is 13.5. The molecule has 1 fully saturated rings. The van der Waals surface area contributed by atoms with Crippen LogP contribution in [-0.2, 0) is 4.79 Å². The van der Waals surface area contributed by atoms with Gasteiger partial charge < -0.3 is 15.4 Å². The number of hydrogen-bond donors (Lipinski definition) is 1. The van der Waals surface area contributed by atoms with E-state index in [-0.39, 0.29) is 11.8 Å². The Morgan fingerprint density at radius 1 is 1.39 bits per heavy atom. The predicted octanol–water partition coefficient (Wildman–Crippen LogP) is 2.56. The molecule has 2 N–H and O–H groups in total. The van der Waals surface area contributed by atoms with Crippen molar-refractivity contribution in [3.8, 4) is 5.75 Å². The van der Waals surface area contributed by atoms with E-state index < -0.39 is 5.41 Å². The maximum atomic E-state index is 12.9. The fourth-order valence-corrected chi connectivity index (χ4v) is 4.17. The van der Waals surface area contributed by atoms with E-state index in [0.717, 1.165) is 26.3 Å². The number of aryl methyl sites for hydroxylation is 1. The van der Waals surface area contributed by atoms with Gasteiger partial charge in [-0.25, -0.2) is 0 Å². The van der Waals surface area contributed by atoms with E-state index in [1.165, 1.54) is 11.3 Å². The van der Waals surface area contributed by atoms with Crippen LogP contribution < -0.4 is 10.5 Å². The topological polar surface area (TPSA) is 72.6 Å². The van der Waals surface area contributed by atoms with Gasteiger partial charge in [-0.15, -0.1) is 11.3 Å². The summed E-state index contributed by atoms with van der Waals surface area (Å²) < 4.78 is 6.32. The van der Waals surface area contributed by atoms with Crippen molar-refractivity contribution < 1.29 is 14.3 Å². The van der Waals surface area contributed by atoms with Crippen LogP contribution >= 0.6 is 11.3 Å². The summed E-state index contributed by atoms with van der Waals surface area (Å²) in [5.74, 6) is 0.415. The Kier molecular flexibility index (Phi) is 3.80. The van der Waals surface area contributed by atoms with Gasteiger partial charge in [-0.1, -0.05) is 0 Å². The van der Waals surface area contributed by atoms with Crippen molar-refractivity contribution in [1.82, 2.24) is 4.90 Å². The van der Waals surface area contributed by atoms with E-state index in [9.17, 15) is 9.59 Å². The summed E-state index contributed by atoms with van der Waals surface area (Å²) in [5.41, 5.74) is 5.81. The van der Waals surface area contributed by atoms with E-state index in [1.54, 1.807) is 12.0 Å². The van der Waals surface area contributed by atoms with Gasteiger partial charge in [0.2, 0.25) is 5.91 Å². The van der Waals surface area contributed by atoms with Crippen LogP contribution in [0.3, 0.4) is 0 Å². The first kappa shape index (κ1) is 15.8. The highest BCUT2D eigenvalue weighted by atomic mass is 32.1. The molecule has 1 atom stereocenters. The van der Waals surface area contributed by atoms with Gasteiger partial charge in [-0.05, 0) is 49.4 Å². The maximum absolute atomic E-state index is 12.9. The summed E-state index contributed by atoms with van der Waals surface area (Å²) in [7, 11) is 1.63. The second-order valence-electron chi connectivity index (χ2n) is 6.32.